The number of hydrogen-bond donors (Lipinski definition) is 1. The van der Waals surface area contributed by atoms with E-state index in [9.17, 15) is 19.7 Å². The maximum absolute atomic E-state index is 12.5. The lowest BCUT2D eigenvalue weighted by Gasteiger charge is -2.26. The zero-order valence-electron chi connectivity index (χ0n) is 14.0. The van der Waals surface area contributed by atoms with Gasteiger partial charge in [0.25, 0.3) is 11.2 Å². The summed E-state index contributed by atoms with van der Waals surface area (Å²) in [4.78, 5) is 39.1. The third-order valence-corrected chi connectivity index (χ3v) is 4.71. The molecule has 0 unspecified atom stereocenters. The number of nitrogens with one attached hydrogen (secondary N) is 1. The van der Waals surface area contributed by atoms with Crippen molar-refractivity contribution in [2.75, 3.05) is 0 Å². The summed E-state index contributed by atoms with van der Waals surface area (Å²) in [7, 11) is 0. The first-order chi connectivity index (χ1) is 11.9. The summed E-state index contributed by atoms with van der Waals surface area (Å²) in [6.07, 6.45) is 5.38. The number of rotatable bonds is 4. The number of benzene rings is 1. The number of nitro benzene ring substituents is 1. The van der Waals surface area contributed by atoms with E-state index in [1.165, 1.54) is 29.1 Å². The van der Waals surface area contributed by atoms with Crippen LogP contribution in [-0.2, 0) is 11.3 Å². The fourth-order valence-corrected chi connectivity index (χ4v) is 3.21. The van der Waals surface area contributed by atoms with E-state index in [4.69, 9.17) is 0 Å². The molecule has 1 fully saturated rings. The van der Waals surface area contributed by atoms with E-state index in [0.717, 1.165) is 25.7 Å². The molecule has 0 radical (unpaired) electrons. The average Bonchev–Trinajstić information content (AvgIpc) is 2.59. The molecule has 0 aliphatic heterocycles. The van der Waals surface area contributed by atoms with E-state index in [1.54, 1.807) is 0 Å². The van der Waals surface area contributed by atoms with Crippen molar-refractivity contribution < 1.29 is 9.72 Å². The van der Waals surface area contributed by atoms with Gasteiger partial charge in [0, 0.05) is 18.2 Å². The molecule has 132 valence electrons. The van der Waals surface area contributed by atoms with Crippen LogP contribution in [0.4, 0.5) is 5.69 Å². The Morgan fingerprint density at radius 2 is 2.08 bits per heavy atom. The van der Waals surface area contributed by atoms with Crippen LogP contribution in [0.5, 0.6) is 0 Å². The average molecular weight is 344 g/mol. The van der Waals surface area contributed by atoms with Crippen molar-refractivity contribution >= 4 is 22.5 Å². The van der Waals surface area contributed by atoms with Crippen LogP contribution in [0.2, 0.25) is 0 Å². The van der Waals surface area contributed by atoms with Crippen molar-refractivity contribution in [2.24, 2.45) is 5.92 Å². The molecule has 0 atom stereocenters. The van der Waals surface area contributed by atoms with Crippen molar-refractivity contribution in [1.29, 1.82) is 0 Å². The smallest absolute Gasteiger partial charge is 0.270 e. The third-order valence-electron chi connectivity index (χ3n) is 4.71. The van der Waals surface area contributed by atoms with Crippen LogP contribution >= 0.6 is 0 Å². The molecule has 8 heteroatoms. The van der Waals surface area contributed by atoms with Gasteiger partial charge in [-0.25, -0.2) is 4.98 Å². The largest absolute Gasteiger partial charge is 0.352 e. The van der Waals surface area contributed by atoms with Crippen LogP contribution < -0.4 is 10.9 Å². The summed E-state index contributed by atoms with van der Waals surface area (Å²) in [5.41, 5.74) is -0.264. The molecule has 1 saturated carbocycles. The van der Waals surface area contributed by atoms with Gasteiger partial charge in [-0.1, -0.05) is 6.92 Å². The van der Waals surface area contributed by atoms with Crippen LogP contribution in [0.25, 0.3) is 10.9 Å². The standard InChI is InChI=1S/C17H20N4O4/c1-11-2-4-12(5-3-11)19-16(22)9-20-10-18-15-7-6-13(21(24)25)8-14(15)17(20)23/h6-8,10-12H,2-5,9H2,1H3,(H,19,22). The van der Waals surface area contributed by atoms with Gasteiger partial charge in [0.15, 0.2) is 0 Å². The number of hydrogen-bond acceptors (Lipinski definition) is 5. The number of fused-ring (bicyclic) bond motifs is 1. The molecule has 1 heterocycles. The molecule has 2 aromatic rings. The maximum atomic E-state index is 12.5. The minimum Gasteiger partial charge on any atom is -0.352 e. The van der Waals surface area contributed by atoms with E-state index < -0.39 is 10.5 Å². The Morgan fingerprint density at radius 3 is 2.76 bits per heavy atom. The Balaban J connectivity index is 1.76. The van der Waals surface area contributed by atoms with Gasteiger partial charge >= 0.3 is 0 Å². The lowest BCUT2D eigenvalue weighted by atomic mass is 9.87. The van der Waals surface area contributed by atoms with Gasteiger partial charge in [-0.15, -0.1) is 0 Å². The molecule has 0 bridgehead atoms. The molecule has 1 aromatic heterocycles. The molecular weight excluding hydrogens is 324 g/mol. The predicted octanol–water partition coefficient (Wildman–Crippen LogP) is 2.00. The molecule has 1 aliphatic rings. The van der Waals surface area contributed by atoms with Crippen molar-refractivity contribution in [1.82, 2.24) is 14.9 Å². The van der Waals surface area contributed by atoms with Crippen LogP contribution in [0.1, 0.15) is 32.6 Å². The molecule has 1 N–H and O–H groups in total. The van der Waals surface area contributed by atoms with Gasteiger partial charge in [-0.3, -0.25) is 24.3 Å². The second-order valence-corrected chi connectivity index (χ2v) is 6.66. The van der Waals surface area contributed by atoms with Gasteiger partial charge in [-0.2, -0.15) is 0 Å². The summed E-state index contributed by atoms with van der Waals surface area (Å²) in [6, 6.07) is 4.08. The summed E-state index contributed by atoms with van der Waals surface area (Å²) in [6.45, 7) is 2.06. The topological polar surface area (TPSA) is 107 Å². The fourth-order valence-electron chi connectivity index (χ4n) is 3.21. The number of carbonyl (C=O) groups is 1. The maximum Gasteiger partial charge on any atom is 0.270 e. The van der Waals surface area contributed by atoms with Gasteiger partial charge in [-0.05, 0) is 37.7 Å². The van der Waals surface area contributed by atoms with Crippen LogP contribution in [-0.4, -0.2) is 26.4 Å². The molecule has 1 amide bonds. The molecule has 0 spiro atoms. The zero-order chi connectivity index (χ0) is 18.0. The monoisotopic (exact) mass is 344 g/mol. The molecule has 3 rings (SSSR count). The van der Waals surface area contributed by atoms with Gasteiger partial charge in [0.05, 0.1) is 22.2 Å². The highest BCUT2D eigenvalue weighted by Gasteiger charge is 2.20. The number of nitrogens with zero attached hydrogens (tertiary/aromatic N) is 3. The summed E-state index contributed by atoms with van der Waals surface area (Å²) in [5, 5.41) is 14.0. The summed E-state index contributed by atoms with van der Waals surface area (Å²) < 4.78 is 1.19. The van der Waals surface area contributed by atoms with Crippen molar-refractivity contribution in [3.63, 3.8) is 0 Å². The van der Waals surface area contributed by atoms with E-state index >= 15 is 0 Å². The van der Waals surface area contributed by atoms with Crippen molar-refractivity contribution in [2.45, 2.75) is 45.2 Å². The first-order valence-corrected chi connectivity index (χ1v) is 8.37. The first-order valence-electron chi connectivity index (χ1n) is 8.37. The lowest BCUT2D eigenvalue weighted by molar-refractivity contribution is -0.384. The molecule has 8 nitrogen and oxygen atoms in total. The second-order valence-electron chi connectivity index (χ2n) is 6.66. The Hall–Kier alpha value is -2.77. The van der Waals surface area contributed by atoms with Crippen LogP contribution in [0.15, 0.2) is 29.3 Å². The van der Waals surface area contributed by atoms with Crippen LogP contribution in [0, 0.1) is 16.0 Å². The molecule has 1 aliphatic carbocycles. The van der Waals surface area contributed by atoms with Crippen molar-refractivity contribution in [3.8, 4) is 0 Å². The minimum absolute atomic E-state index is 0.135. The lowest BCUT2D eigenvalue weighted by Crippen LogP contribution is -2.40. The van der Waals surface area contributed by atoms with E-state index in [-0.39, 0.29) is 29.6 Å². The highest BCUT2D eigenvalue weighted by atomic mass is 16.6. The molecular formula is C17H20N4O4. The molecule has 25 heavy (non-hydrogen) atoms. The minimum atomic E-state index is -0.563. The van der Waals surface area contributed by atoms with Gasteiger partial charge in [0.2, 0.25) is 5.91 Å². The number of amides is 1. The normalized spacial score (nSPS) is 20.4. The van der Waals surface area contributed by atoms with E-state index in [1.807, 2.05) is 0 Å². The third kappa shape index (κ3) is 3.84. The number of non-ortho nitro benzene ring substituents is 1. The molecule has 0 saturated heterocycles. The number of nitro groups is 1. The zero-order valence-corrected chi connectivity index (χ0v) is 14.0. The van der Waals surface area contributed by atoms with E-state index in [0.29, 0.717) is 11.4 Å². The second kappa shape index (κ2) is 7.00. The Bertz CT molecular complexity index is 869. The van der Waals surface area contributed by atoms with Crippen molar-refractivity contribution in [3.05, 3.63) is 45.0 Å². The highest BCUT2D eigenvalue weighted by molar-refractivity contribution is 5.81. The number of aromatic nitrogens is 2. The highest BCUT2D eigenvalue weighted by Crippen LogP contribution is 2.23. The Morgan fingerprint density at radius 1 is 1.36 bits per heavy atom. The van der Waals surface area contributed by atoms with Gasteiger partial charge < -0.3 is 5.32 Å². The first kappa shape index (κ1) is 17.1. The fraction of sp³-hybridized carbons (Fsp3) is 0.471. The SMILES string of the molecule is CC1CCC(NC(=O)Cn2cnc3ccc([N+](=O)[O-])cc3c2=O)CC1. The number of carbonyl (C=O) groups excluding carboxylic acids is 1. The predicted molar refractivity (Wildman–Crippen MR) is 92.2 cm³/mol. The Labute approximate surface area is 144 Å². The summed E-state index contributed by atoms with van der Waals surface area (Å²) >= 11 is 0. The molecule has 1 aromatic carbocycles. The quantitative estimate of drug-likeness (QED) is 0.674. The Kier molecular flexibility index (Phi) is 4.78. The van der Waals surface area contributed by atoms with E-state index in [2.05, 4.69) is 17.2 Å². The summed E-state index contributed by atoms with van der Waals surface area (Å²) in [5.74, 6) is 0.449. The van der Waals surface area contributed by atoms with Crippen LogP contribution in [0.3, 0.4) is 0 Å². The van der Waals surface area contributed by atoms with Gasteiger partial charge in [0.1, 0.15) is 6.54 Å².